The van der Waals surface area contributed by atoms with E-state index in [1.165, 1.54) is 0 Å². The lowest BCUT2D eigenvalue weighted by atomic mass is 10.2. The highest BCUT2D eigenvalue weighted by Gasteiger charge is 2.28. The number of hydrogen-bond donors (Lipinski definition) is 1. The van der Waals surface area contributed by atoms with Crippen LogP contribution in [0.15, 0.2) is 0 Å². The highest BCUT2D eigenvalue weighted by atomic mass is 35.5. The highest BCUT2D eigenvalue weighted by Crippen LogP contribution is 2.13. The Morgan fingerprint density at radius 2 is 1.86 bits per heavy atom. The van der Waals surface area contributed by atoms with Crippen LogP contribution in [0.1, 0.15) is 40.5 Å². The van der Waals surface area contributed by atoms with Crippen LogP contribution >= 0.6 is 11.6 Å². The number of hydrogen-bond acceptors (Lipinski definition) is 2. The Kier molecular flexibility index (Phi) is 5.41. The van der Waals surface area contributed by atoms with Crippen molar-refractivity contribution in [3.05, 3.63) is 0 Å². The normalized spacial score (nSPS) is 15.5. The van der Waals surface area contributed by atoms with Gasteiger partial charge in [-0.3, -0.25) is 0 Å². The number of nitrogens with one attached hydrogen (secondary N) is 1. The van der Waals surface area contributed by atoms with Crippen LogP contribution in [0, 0.1) is 0 Å². The largest absolute Gasteiger partial charge is 0.216 e. The Balaban J connectivity index is 4.03. The van der Waals surface area contributed by atoms with Gasteiger partial charge in [-0.05, 0) is 33.6 Å². The monoisotopic (exact) mass is 241 g/mol. The lowest BCUT2D eigenvalue weighted by Crippen LogP contribution is -2.40. The van der Waals surface area contributed by atoms with Crippen molar-refractivity contribution in [3.8, 4) is 0 Å². The topological polar surface area (TPSA) is 46.2 Å². The van der Waals surface area contributed by atoms with Crippen LogP contribution < -0.4 is 4.72 Å². The van der Waals surface area contributed by atoms with Crippen LogP contribution in [0.4, 0.5) is 0 Å². The molecule has 0 radical (unpaired) electrons. The van der Waals surface area contributed by atoms with Gasteiger partial charge in [0.25, 0.3) is 0 Å². The molecule has 0 aliphatic heterocycles. The van der Waals surface area contributed by atoms with Crippen molar-refractivity contribution in [2.45, 2.75) is 50.7 Å². The SMILES string of the molecule is CCC(Cl)CCNS(=O)(=O)C(C)(C)C. The minimum absolute atomic E-state index is 0.0534. The number of sulfonamides is 1. The molecule has 0 saturated heterocycles. The molecule has 0 aromatic heterocycles. The summed E-state index contributed by atoms with van der Waals surface area (Å²) in [5, 5.41) is 0.0534. The summed E-state index contributed by atoms with van der Waals surface area (Å²) in [4.78, 5) is 0. The van der Waals surface area contributed by atoms with Crippen LogP contribution in [0.25, 0.3) is 0 Å². The fraction of sp³-hybridized carbons (Fsp3) is 1.00. The Morgan fingerprint density at radius 3 is 2.21 bits per heavy atom. The van der Waals surface area contributed by atoms with Crippen LogP contribution in [0.3, 0.4) is 0 Å². The molecule has 0 rings (SSSR count). The molecule has 0 aliphatic rings. The van der Waals surface area contributed by atoms with E-state index in [1.807, 2.05) is 6.92 Å². The molecule has 0 bridgehead atoms. The molecule has 5 heteroatoms. The van der Waals surface area contributed by atoms with Crippen molar-refractivity contribution in [1.29, 1.82) is 0 Å². The lowest BCUT2D eigenvalue weighted by Gasteiger charge is -2.20. The van der Waals surface area contributed by atoms with Crippen molar-refractivity contribution >= 4 is 21.6 Å². The van der Waals surface area contributed by atoms with E-state index in [0.29, 0.717) is 13.0 Å². The maximum Gasteiger partial charge on any atom is 0.216 e. The van der Waals surface area contributed by atoms with Gasteiger partial charge < -0.3 is 0 Å². The van der Waals surface area contributed by atoms with Gasteiger partial charge in [0.2, 0.25) is 10.0 Å². The van der Waals surface area contributed by atoms with Gasteiger partial charge in [-0.1, -0.05) is 6.92 Å². The quantitative estimate of drug-likeness (QED) is 0.750. The molecule has 0 spiro atoms. The highest BCUT2D eigenvalue weighted by molar-refractivity contribution is 7.90. The molecule has 1 atom stereocenters. The van der Waals surface area contributed by atoms with Crippen LogP contribution in [0.5, 0.6) is 0 Å². The van der Waals surface area contributed by atoms with Crippen LogP contribution in [-0.2, 0) is 10.0 Å². The van der Waals surface area contributed by atoms with E-state index in [4.69, 9.17) is 11.6 Å². The van der Waals surface area contributed by atoms with Gasteiger partial charge in [-0.2, -0.15) is 0 Å². The predicted molar refractivity (Wildman–Crippen MR) is 61.2 cm³/mol. The first-order valence-electron chi connectivity index (χ1n) is 4.84. The van der Waals surface area contributed by atoms with Crippen molar-refractivity contribution < 1.29 is 8.42 Å². The summed E-state index contributed by atoms with van der Waals surface area (Å²) in [6.45, 7) is 7.42. The zero-order valence-electron chi connectivity index (χ0n) is 9.30. The first kappa shape index (κ1) is 14.2. The molecule has 0 saturated carbocycles. The maximum absolute atomic E-state index is 11.6. The first-order valence-corrected chi connectivity index (χ1v) is 6.76. The molecular formula is C9H20ClNO2S. The fourth-order valence-corrected chi connectivity index (χ4v) is 1.70. The van der Waals surface area contributed by atoms with Gasteiger partial charge in [0.05, 0.1) is 4.75 Å². The molecule has 14 heavy (non-hydrogen) atoms. The van der Waals surface area contributed by atoms with Crippen molar-refractivity contribution in [2.24, 2.45) is 0 Å². The first-order chi connectivity index (χ1) is 6.20. The second-order valence-electron chi connectivity index (χ2n) is 4.30. The molecule has 1 unspecified atom stereocenters. The molecule has 1 N–H and O–H groups in total. The fourth-order valence-electron chi connectivity index (χ4n) is 0.771. The maximum atomic E-state index is 11.6. The number of alkyl halides is 1. The van der Waals surface area contributed by atoms with E-state index in [9.17, 15) is 8.42 Å². The molecule has 0 fully saturated rings. The van der Waals surface area contributed by atoms with E-state index in [2.05, 4.69) is 4.72 Å². The third-order valence-corrected chi connectivity index (χ3v) is 4.72. The zero-order valence-corrected chi connectivity index (χ0v) is 10.9. The van der Waals surface area contributed by atoms with Gasteiger partial charge in [0.1, 0.15) is 0 Å². The summed E-state index contributed by atoms with van der Waals surface area (Å²) in [5.74, 6) is 0. The van der Waals surface area contributed by atoms with E-state index in [-0.39, 0.29) is 5.38 Å². The summed E-state index contributed by atoms with van der Waals surface area (Å²) >= 11 is 5.87. The third kappa shape index (κ3) is 4.62. The number of rotatable bonds is 5. The summed E-state index contributed by atoms with van der Waals surface area (Å²) in [6.07, 6.45) is 1.53. The van der Waals surface area contributed by atoms with E-state index in [1.54, 1.807) is 20.8 Å². The van der Waals surface area contributed by atoms with Gasteiger partial charge in [-0.25, -0.2) is 13.1 Å². The standard InChI is InChI=1S/C9H20ClNO2S/c1-5-8(10)6-7-11-14(12,13)9(2,3)4/h8,11H,5-7H2,1-4H3. The van der Waals surface area contributed by atoms with Crippen molar-refractivity contribution in [3.63, 3.8) is 0 Å². The Labute approximate surface area is 92.3 Å². The van der Waals surface area contributed by atoms with E-state index >= 15 is 0 Å². The molecule has 0 aromatic carbocycles. The second kappa shape index (κ2) is 5.33. The molecular weight excluding hydrogens is 222 g/mol. The van der Waals surface area contributed by atoms with Gasteiger partial charge in [-0.15, -0.1) is 11.6 Å². The third-order valence-electron chi connectivity index (χ3n) is 2.00. The lowest BCUT2D eigenvalue weighted by molar-refractivity contribution is 0.541. The minimum Gasteiger partial charge on any atom is -0.215 e. The molecule has 0 aliphatic carbocycles. The summed E-state index contributed by atoms with van der Waals surface area (Å²) < 4.78 is 24.9. The van der Waals surface area contributed by atoms with Crippen LogP contribution in [-0.4, -0.2) is 25.1 Å². The second-order valence-corrected chi connectivity index (χ2v) is 7.44. The number of halogens is 1. The molecule has 86 valence electrons. The zero-order chi connectivity index (χ0) is 11.4. The Morgan fingerprint density at radius 1 is 1.36 bits per heavy atom. The smallest absolute Gasteiger partial charge is 0.215 e. The summed E-state index contributed by atoms with van der Waals surface area (Å²) in [5.41, 5.74) is 0. The van der Waals surface area contributed by atoms with E-state index < -0.39 is 14.8 Å². The van der Waals surface area contributed by atoms with Gasteiger partial charge in [0.15, 0.2) is 0 Å². The van der Waals surface area contributed by atoms with Crippen molar-refractivity contribution in [2.75, 3.05) is 6.54 Å². The minimum atomic E-state index is -3.21. The predicted octanol–water partition coefficient (Wildman–Crippen LogP) is 2.11. The Hall–Kier alpha value is 0.200. The van der Waals surface area contributed by atoms with Gasteiger partial charge >= 0.3 is 0 Å². The van der Waals surface area contributed by atoms with Gasteiger partial charge in [0, 0.05) is 11.9 Å². The Bertz CT molecular complexity index is 256. The molecule has 0 amide bonds. The van der Waals surface area contributed by atoms with Crippen molar-refractivity contribution in [1.82, 2.24) is 4.72 Å². The molecule has 0 heterocycles. The molecule has 3 nitrogen and oxygen atoms in total. The summed E-state index contributed by atoms with van der Waals surface area (Å²) in [6, 6.07) is 0. The average molecular weight is 242 g/mol. The summed E-state index contributed by atoms with van der Waals surface area (Å²) in [7, 11) is -3.21. The van der Waals surface area contributed by atoms with Crippen LogP contribution in [0.2, 0.25) is 0 Å². The average Bonchev–Trinajstić information content (AvgIpc) is 2.01. The molecule has 0 aromatic rings. The van der Waals surface area contributed by atoms with E-state index in [0.717, 1.165) is 6.42 Å².